The van der Waals surface area contributed by atoms with Crippen LogP contribution >= 0.6 is 0 Å². The smallest absolute Gasteiger partial charge is 0.191 e. The van der Waals surface area contributed by atoms with Gasteiger partial charge in [-0.15, -0.1) is 0 Å². The van der Waals surface area contributed by atoms with Gasteiger partial charge in [-0.1, -0.05) is 30.3 Å². The van der Waals surface area contributed by atoms with Gasteiger partial charge in [-0.05, 0) is 26.3 Å². The van der Waals surface area contributed by atoms with Crippen LogP contribution in [0.3, 0.4) is 0 Å². The summed E-state index contributed by atoms with van der Waals surface area (Å²) in [4.78, 5) is 4.63. The second kappa shape index (κ2) is 9.22. The maximum absolute atomic E-state index is 5.43. The van der Waals surface area contributed by atoms with Crippen molar-refractivity contribution in [3.05, 3.63) is 53.9 Å². The van der Waals surface area contributed by atoms with Crippen LogP contribution in [-0.2, 0) is 17.8 Å². The molecule has 2 rings (SSSR count). The Morgan fingerprint density at radius 1 is 1.20 bits per heavy atom. The second-order valence-electron chi connectivity index (χ2n) is 6.54. The molecule has 0 amide bonds. The van der Waals surface area contributed by atoms with Crippen LogP contribution in [0.5, 0.6) is 0 Å². The van der Waals surface area contributed by atoms with Gasteiger partial charge in [-0.3, -0.25) is 4.68 Å². The van der Waals surface area contributed by atoms with Crippen molar-refractivity contribution in [2.24, 2.45) is 4.99 Å². The minimum atomic E-state index is -0.239. The number of hydrogen-bond acceptors (Lipinski definition) is 3. The van der Waals surface area contributed by atoms with Gasteiger partial charge in [-0.25, -0.2) is 4.99 Å². The zero-order valence-electron chi connectivity index (χ0n) is 15.6. The van der Waals surface area contributed by atoms with Crippen molar-refractivity contribution in [1.82, 2.24) is 20.4 Å². The highest BCUT2D eigenvalue weighted by Crippen LogP contribution is 2.06. The first-order valence-electron chi connectivity index (χ1n) is 8.65. The van der Waals surface area contributed by atoms with Crippen molar-refractivity contribution in [2.45, 2.75) is 39.5 Å². The number of nitrogens with one attached hydrogen (secondary N) is 2. The molecule has 25 heavy (non-hydrogen) atoms. The fourth-order valence-corrected chi connectivity index (χ4v) is 2.23. The van der Waals surface area contributed by atoms with Crippen molar-refractivity contribution in [3.63, 3.8) is 0 Å². The largest absolute Gasteiger partial charge is 0.377 e. The van der Waals surface area contributed by atoms with Crippen molar-refractivity contribution in [3.8, 4) is 0 Å². The summed E-state index contributed by atoms with van der Waals surface area (Å²) in [5.74, 6) is 0.781. The number of hydrogen-bond donors (Lipinski definition) is 2. The molecule has 0 aliphatic carbocycles. The second-order valence-corrected chi connectivity index (χ2v) is 6.54. The summed E-state index contributed by atoms with van der Waals surface area (Å²) < 4.78 is 7.37. The summed E-state index contributed by atoms with van der Waals surface area (Å²) in [5, 5.41) is 11.0. The van der Waals surface area contributed by atoms with Crippen LogP contribution in [-0.4, -0.2) is 41.5 Å². The molecule has 2 aromatic rings. The van der Waals surface area contributed by atoms with E-state index in [1.165, 1.54) is 5.56 Å². The molecule has 1 aromatic carbocycles. The lowest BCUT2D eigenvalue weighted by Crippen LogP contribution is -2.45. The average molecular weight is 343 g/mol. The third kappa shape index (κ3) is 6.58. The standard InChI is InChI=1S/C19H29N5O/c1-5-20-18(22-15-19(2,3)25-4)21-11-17-12-23-24(14-17)13-16-9-7-6-8-10-16/h6-10,12,14H,5,11,13,15H2,1-4H3,(H2,20,21,22). The molecule has 2 N–H and O–H groups in total. The molecule has 0 atom stereocenters. The fourth-order valence-electron chi connectivity index (χ4n) is 2.23. The monoisotopic (exact) mass is 343 g/mol. The summed E-state index contributed by atoms with van der Waals surface area (Å²) in [6, 6.07) is 10.3. The highest BCUT2D eigenvalue weighted by atomic mass is 16.5. The normalized spacial score (nSPS) is 12.2. The van der Waals surface area contributed by atoms with Gasteiger partial charge in [-0.2, -0.15) is 5.10 Å². The average Bonchev–Trinajstić information content (AvgIpc) is 3.06. The topological polar surface area (TPSA) is 63.5 Å². The van der Waals surface area contributed by atoms with Gasteiger partial charge in [0.25, 0.3) is 0 Å². The first kappa shape index (κ1) is 19.0. The molecule has 0 aliphatic heterocycles. The van der Waals surface area contributed by atoms with E-state index in [9.17, 15) is 0 Å². The zero-order valence-corrected chi connectivity index (χ0v) is 15.6. The van der Waals surface area contributed by atoms with Crippen LogP contribution in [0.25, 0.3) is 0 Å². The summed E-state index contributed by atoms with van der Waals surface area (Å²) in [6.07, 6.45) is 3.91. The Bertz CT molecular complexity index is 663. The minimum absolute atomic E-state index is 0.239. The third-order valence-electron chi connectivity index (χ3n) is 3.87. The molecule has 0 spiro atoms. The van der Waals surface area contributed by atoms with E-state index in [-0.39, 0.29) is 5.60 Å². The predicted octanol–water partition coefficient (Wildman–Crippen LogP) is 2.41. The SMILES string of the molecule is CCNC(=NCc1cnn(Cc2ccccc2)c1)NCC(C)(C)OC. The number of benzene rings is 1. The van der Waals surface area contributed by atoms with E-state index in [0.717, 1.165) is 24.6 Å². The molecule has 0 fully saturated rings. The Kier molecular flexibility index (Phi) is 7.01. The Balaban J connectivity index is 1.93. The molecule has 6 nitrogen and oxygen atoms in total. The number of ether oxygens (including phenoxy) is 1. The Morgan fingerprint density at radius 2 is 1.96 bits per heavy atom. The molecule has 1 heterocycles. The Labute approximate surface area is 150 Å². The van der Waals surface area contributed by atoms with E-state index in [1.54, 1.807) is 7.11 Å². The van der Waals surface area contributed by atoms with Crippen LogP contribution in [0.4, 0.5) is 0 Å². The molecular weight excluding hydrogens is 314 g/mol. The molecule has 6 heteroatoms. The van der Waals surface area contributed by atoms with E-state index in [4.69, 9.17) is 4.74 Å². The molecule has 0 saturated heterocycles. The Hall–Kier alpha value is -2.34. The Morgan fingerprint density at radius 3 is 2.64 bits per heavy atom. The summed E-state index contributed by atoms with van der Waals surface area (Å²) in [7, 11) is 1.72. The van der Waals surface area contributed by atoms with Crippen LogP contribution in [0.2, 0.25) is 0 Å². The molecule has 0 unspecified atom stereocenters. The molecule has 0 radical (unpaired) electrons. The van der Waals surface area contributed by atoms with Crippen molar-refractivity contribution in [1.29, 1.82) is 0 Å². The van der Waals surface area contributed by atoms with Gasteiger partial charge in [0.05, 0.1) is 24.9 Å². The predicted molar refractivity (Wildman–Crippen MR) is 102 cm³/mol. The number of aliphatic imine (C=N–C) groups is 1. The van der Waals surface area contributed by atoms with Gasteiger partial charge in [0.2, 0.25) is 0 Å². The molecule has 1 aromatic heterocycles. The quantitative estimate of drug-likeness (QED) is 0.571. The third-order valence-corrected chi connectivity index (χ3v) is 3.87. The van der Waals surface area contributed by atoms with Crippen molar-refractivity contribution < 1.29 is 4.74 Å². The van der Waals surface area contributed by atoms with E-state index < -0.39 is 0 Å². The van der Waals surface area contributed by atoms with E-state index in [0.29, 0.717) is 13.1 Å². The molecular formula is C19H29N5O. The number of aromatic nitrogens is 2. The van der Waals surface area contributed by atoms with Gasteiger partial charge >= 0.3 is 0 Å². The van der Waals surface area contributed by atoms with Crippen LogP contribution in [0.15, 0.2) is 47.7 Å². The highest BCUT2D eigenvalue weighted by molar-refractivity contribution is 5.79. The van der Waals surface area contributed by atoms with E-state index in [1.807, 2.05) is 49.1 Å². The molecule has 136 valence electrons. The summed E-state index contributed by atoms with van der Waals surface area (Å²) in [6.45, 7) is 8.97. The van der Waals surface area contributed by atoms with Crippen LogP contribution in [0.1, 0.15) is 31.9 Å². The summed E-state index contributed by atoms with van der Waals surface area (Å²) in [5.41, 5.74) is 2.08. The lowest BCUT2D eigenvalue weighted by molar-refractivity contribution is 0.0268. The van der Waals surface area contributed by atoms with E-state index in [2.05, 4.69) is 39.8 Å². The number of nitrogens with zero attached hydrogens (tertiary/aromatic N) is 3. The first-order valence-corrected chi connectivity index (χ1v) is 8.65. The minimum Gasteiger partial charge on any atom is -0.377 e. The molecule has 0 bridgehead atoms. The molecule has 0 saturated carbocycles. The highest BCUT2D eigenvalue weighted by Gasteiger charge is 2.16. The number of guanidine groups is 1. The van der Waals surface area contributed by atoms with Gasteiger partial charge in [0.15, 0.2) is 5.96 Å². The van der Waals surface area contributed by atoms with E-state index >= 15 is 0 Å². The maximum atomic E-state index is 5.43. The van der Waals surface area contributed by atoms with Crippen molar-refractivity contribution in [2.75, 3.05) is 20.2 Å². The van der Waals surface area contributed by atoms with Gasteiger partial charge in [0, 0.05) is 32.0 Å². The zero-order chi connectivity index (χ0) is 18.1. The van der Waals surface area contributed by atoms with Crippen LogP contribution in [0, 0.1) is 0 Å². The van der Waals surface area contributed by atoms with Gasteiger partial charge in [0.1, 0.15) is 0 Å². The number of rotatable bonds is 8. The van der Waals surface area contributed by atoms with Crippen LogP contribution < -0.4 is 10.6 Å². The lowest BCUT2D eigenvalue weighted by Gasteiger charge is -2.24. The number of methoxy groups -OCH3 is 1. The van der Waals surface area contributed by atoms with Crippen molar-refractivity contribution >= 4 is 5.96 Å². The summed E-state index contributed by atoms with van der Waals surface area (Å²) >= 11 is 0. The lowest BCUT2D eigenvalue weighted by atomic mass is 10.1. The molecule has 0 aliphatic rings. The first-order chi connectivity index (χ1) is 12.0. The maximum Gasteiger partial charge on any atom is 0.191 e. The van der Waals surface area contributed by atoms with Gasteiger partial charge < -0.3 is 15.4 Å². The fraction of sp³-hybridized carbons (Fsp3) is 0.474.